The molecule has 0 N–H and O–H groups in total. The third-order valence-corrected chi connectivity index (χ3v) is 1.70. The summed E-state index contributed by atoms with van der Waals surface area (Å²) in [6.07, 6.45) is 0. The minimum absolute atomic E-state index is 1.09. The number of hydrogen-bond acceptors (Lipinski definition) is 5. The van der Waals surface area contributed by atoms with Crippen LogP contribution in [-0.2, 0) is 0 Å². The second kappa shape index (κ2) is 3.23. The first-order valence-electron chi connectivity index (χ1n) is 3.12. The van der Waals surface area contributed by atoms with Crippen molar-refractivity contribution in [1.29, 1.82) is 26.3 Å². The fraction of sp³-hybridized carbons (Fsp3) is 0.375. The smallest absolute Gasteiger partial charge is 0.196 e. The van der Waals surface area contributed by atoms with Crippen LogP contribution in [0.1, 0.15) is 6.92 Å². The monoisotopic (exact) mass is 169 g/mol. The molecule has 0 aliphatic heterocycles. The van der Waals surface area contributed by atoms with Gasteiger partial charge in [0, 0.05) is 0 Å². The predicted molar refractivity (Wildman–Crippen MR) is 38.6 cm³/mol. The first-order chi connectivity index (χ1) is 6.05. The first kappa shape index (κ1) is 10.4. The molecule has 13 heavy (non-hydrogen) atoms. The van der Waals surface area contributed by atoms with Crippen molar-refractivity contribution in [3.8, 4) is 30.3 Å². The molecule has 0 aliphatic rings. The van der Waals surface area contributed by atoms with Crippen molar-refractivity contribution in [3.63, 3.8) is 0 Å². The van der Waals surface area contributed by atoms with E-state index in [1.54, 1.807) is 0 Å². The molecular formula is C8H3N5. The molecule has 0 radical (unpaired) electrons. The van der Waals surface area contributed by atoms with Gasteiger partial charge in [-0.1, -0.05) is 0 Å². The Labute approximate surface area is 75.3 Å². The highest BCUT2D eigenvalue weighted by Gasteiger charge is 2.52. The van der Waals surface area contributed by atoms with Gasteiger partial charge in [-0.2, -0.15) is 26.3 Å². The summed E-state index contributed by atoms with van der Waals surface area (Å²) in [5, 5.41) is 42.9. The maximum absolute atomic E-state index is 8.59. The van der Waals surface area contributed by atoms with Crippen molar-refractivity contribution in [1.82, 2.24) is 0 Å². The average Bonchev–Trinajstić information content (AvgIpc) is 2.20. The topological polar surface area (TPSA) is 119 Å². The van der Waals surface area contributed by atoms with Crippen molar-refractivity contribution in [2.45, 2.75) is 6.92 Å². The van der Waals surface area contributed by atoms with E-state index in [-0.39, 0.29) is 0 Å². The molecule has 0 aromatic carbocycles. The number of hydrogen-bond donors (Lipinski definition) is 0. The van der Waals surface area contributed by atoms with Gasteiger partial charge in [-0.15, -0.1) is 0 Å². The summed E-state index contributed by atoms with van der Waals surface area (Å²) in [4.78, 5) is 0. The molecule has 0 aliphatic carbocycles. The van der Waals surface area contributed by atoms with E-state index >= 15 is 0 Å². The molecule has 0 unspecified atom stereocenters. The Morgan fingerprint density at radius 3 is 1.08 bits per heavy atom. The van der Waals surface area contributed by atoms with Crippen LogP contribution in [0.25, 0.3) is 0 Å². The lowest BCUT2D eigenvalue weighted by atomic mass is 9.69. The second-order valence-corrected chi connectivity index (χ2v) is 2.43. The molecule has 0 saturated carbocycles. The molecule has 5 heteroatoms. The quantitative estimate of drug-likeness (QED) is 0.569. The van der Waals surface area contributed by atoms with Crippen LogP contribution in [-0.4, -0.2) is 0 Å². The maximum Gasteiger partial charge on any atom is 0.259 e. The average molecular weight is 169 g/mol. The fourth-order valence-corrected chi connectivity index (χ4v) is 0.603. The van der Waals surface area contributed by atoms with Crippen LogP contribution in [0.15, 0.2) is 0 Å². The molecule has 5 nitrogen and oxygen atoms in total. The van der Waals surface area contributed by atoms with Crippen LogP contribution in [0.5, 0.6) is 0 Å². The molecule has 0 saturated heterocycles. The van der Waals surface area contributed by atoms with Gasteiger partial charge in [0.05, 0.1) is 12.1 Å². The van der Waals surface area contributed by atoms with Crippen LogP contribution >= 0.6 is 0 Å². The molecule has 0 rings (SSSR count). The van der Waals surface area contributed by atoms with Gasteiger partial charge < -0.3 is 0 Å². The van der Waals surface area contributed by atoms with Crippen LogP contribution < -0.4 is 0 Å². The van der Waals surface area contributed by atoms with Crippen molar-refractivity contribution >= 4 is 0 Å². The molecule has 0 aromatic rings. The number of rotatable bonds is 1. The third-order valence-electron chi connectivity index (χ3n) is 1.70. The van der Waals surface area contributed by atoms with E-state index in [9.17, 15) is 0 Å². The van der Waals surface area contributed by atoms with Gasteiger partial charge in [-0.05, 0) is 6.92 Å². The Hall–Kier alpha value is -2.55. The minimum atomic E-state index is -2.23. The van der Waals surface area contributed by atoms with E-state index in [0.717, 1.165) is 6.92 Å². The van der Waals surface area contributed by atoms with Gasteiger partial charge in [0.25, 0.3) is 5.41 Å². The van der Waals surface area contributed by atoms with Crippen molar-refractivity contribution in [2.24, 2.45) is 10.8 Å². The van der Waals surface area contributed by atoms with Crippen molar-refractivity contribution in [3.05, 3.63) is 0 Å². The zero-order valence-corrected chi connectivity index (χ0v) is 6.74. The zero-order valence-electron chi connectivity index (χ0n) is 6.74. The fourth-order valence-electron chi connectivity index (χ4n) is 0.603. The Balaban J connectivity index is 5.72. The van der Waals surface area contributed by atoms with Crippen LogP contribution in [0.2, 0.25) is 0 Å². The summed E-state index contributed by atoms with van der Waals surface area (Å²) in [7, 11) is 0. The summed E-state index contributed by atoms with van der Waals surface area (Å²) in [6, 6.07) is 7.16. The first-order valence-corrected chi connectivity index (χ1v) is 3.12. The number of nitriles is 5. The molecule has 0 atom stereocenters. The van der Waals surface area contributed by atoms with Crippen molar-refractivity contribution < 1.29 is 0 Å². The normalized spacial score (nSPS) is 9.54. The molecule has 0 bridgehead atoms. The standard InChI is InChI=1S/C8H3N5/c1-7(2-9,3-10)8(4-11,5-12)6-13/h1H3. The van der Waals surface area contributed by atoms with Crippen LogP contribution in [0, 0.1) is 67.5 Å². The largest absolute Gasteiger partial charge is 0.259 e. The Bertz CT molecular complexity index is 364. The molecule has 0 amide bonds. The molecule has 0 spiro atoms. The lowest BCUT2D eigenvalue weighted by molar-refractivity contribution is 0.415. The van der Waals surface area contributed by atoms with E-state index in [1.165, 1.54) is 30.3 Å². The Kier molecular flexibility index (Phi) is 2.60. The van der Waals surface area contributed by atoms with Gasteiger partial charge in [-0.3, -0.25) is 0 Å². The summed E-state index contributed by atoms with van der Waals surface area (Å²) in [6.45, 7) is 1.09. The lowest BCUT2D eigenvalue weighted by Crippen LogP contribution is -2.34. The van der Waals surface area contributed by atoms with Gasteiger partial charge >= 0.3 is 0 Å². The molecule has 0 aromatic heterocycles. The van der Waals surface area contributed by atoms with E-state index in [4.69, 9.17) is 26.3 Å². The predicted octanol–water partition coefficient (Wildman–Crippen LogP) is 0.597. The van der Waals surface area contributed by atoms with E-state index in [0.29, 0.717) is 0 Å². The summed E-state index contributed by atoms with van der Waals surface area (Å²) in [5.41, 5.74) is -4.15. The van der Waals surface area contributed by atoms with E-state index in [1.807, 2.05) is 0 Å². The van der Waals surface area contributed by atoms with Crippen LogP contribution in [0.3, 0.4) is 0 Å². The summed E-state index contributed by atoms with van der Waals surface area (Å²) < 4.78 is 0. The molecular weight excluding hydrogens is 166 g/mol. The van der Waals surface area contributed by atoms with E-state index < -0.39 is 10.8 Å². The molecule has 60 valence electrons. The highest BCUT2D eigenvalue weighted by Crippen LogP contribution is 2.36. The van der Waals surface area contributed by atoms with Gasteiger partial charge in [0.15, 0.2) is 5.41 Å². The highest BCUT2D eigenvalue weighted by molar-refractivity contribution is 5.40. The SMILES string of the molecule is CC(C#N)(C#N)C(C#N)(C#N)C#N. The van der Waals surface area contributed by atoms with Crippen LogP contribution in [0.4, 0.5) is 0 Å². The Morgan fingerprint density at radius 1 is 0.692 bits per heavy atom. The molecule has 0 heterocycles. The van der Waals surface area contributed by atoms with E-state index in [2.05, 4.69) is 0 Å². The minimum Gasteiger partial charge on any atom is -0.196 e. The summed E-state index contributed by atoms with van der Waals surface area (Å²) in [5.74, 6) is 0. The maximum atomic E-state index is 8.59. The lowest BCUT2D eigenvalue weighted by Gasteiger charge is -2.19. The zero-order chi connectivity index (χ0) is 10.5. The van der Waals surface area contributed by atoms with Gasteiger partial charge in [-0.25, -0.2) is 0 Å². The second-order valence-electron chi connectivity index (χ2n) is 2.43. The van der Waals surface area contributed by atoms with Gasteiger partial charge in [0.2, 0.25) is 0 Å². The van der Waals surface area contributed by atoms with Crippen molar-refractivity contribution in [2.75, 3.05) is 0 Å². The Morgan fingerprint density at radius 2 is 1.00 bits per heavy atom. The third kappa shape index (κ3) is 1.14. The molecule has 0 fully saturated rings. The number of nitrogens with zero attached hydrogens (tertiary/aromatic N) is 5. The summed E-state index contributed by atoms with van der Waals surface area (Å²) >= 11 is 0. The highest BCUT2D eigenvalue weighted by atomic mass is 14.5. The van der Waals surface area contributed by atoms with Gasteiger partial charge in [0.1, 0.15) is 18.2 Å².